The number of hydrogen-bond acceptors (Lipinski definition) is 3. The monoisotopic (exact) mass is 403 g/mol. The van der Waals surface area contributed by atoms with E-state index >= 15 is 0 Å². The number of ether oxygens (including phenoxy) is 1. The van der Waals surface area contributed by atoms with Gasteiger partial charge in [0.2, 0.25) is 0 Å². The van der Waals surface area contributed by atoms with Gasteiger partial charge in [-0.05, 0) is 70.4 Å². The smallest absolute Gasteiger partial charge is 0.410 e. The van der Waals surface area contributed by atoms with Crippen LogP contribution < -0.4 is 4.90 Å². The molecule has 1 aromatic carbocycles. The first-order valence-electron chi connectivity index (χ1n) is 10.2. The van der Waals surface area contributed by atoms with Crippen LogP contribution >= 0.6 is 11.6 Å². The number of carbonyl (C=O) groups is 1. The number of likely N-dealkylation sites (tertiary alicyclic amines) is 1. The number of rotatable bonds is 2. The third-order valence-corrected chi connectivity index (χ3v) is 6.10. The van der Waals surface area contributed by atoms with Gasteiger partial charge in [-0.25, -0.2) is 9.64 Å². The highest BCUT2D eigenvalue weighted by Crippen LogP contribution is 2.37. The molecule has 1 aromatic rings. The number of carbonyl (C=O) groups excluding carboxylic acids is 1. The molecule has 0 aromatic heterocycles. The van der Waals surface area contributed by atoms with Crippen molar-refractivity contribution in [2.24, 2.45) is 11.8 Å². The zero-order valence-electron chi connectivity index (χ0n) is 17.1. The Hall–Kier alpha value is -1.93. The molecule has 2 fully saturated rings. The van der Waals surface area contributed by atoms with E-state index in [0.717, 1.165) is 57.5 Å². The van der Waals surface area contributed by atoms with Gasteiger partial charge in [0.15, 0.2) is 5.69 Å². The molecule has 1 amide bonds. The predicted molar refractivity (Wildman–Crippen MR) is 113 cm³/mol. The van der Waals surface area contributed by atoms with Gasteiger partial charge in [-0.1, -0.05) is 17.7 Å². The highest BCUT2D eigenvalue weighted by molar-refractivity contribution is 6.33. The van der Waals surface area contributed by atoms with E-state index in [1.165, 1.54) is 0 Å². The van der Waals surface area contributed by atoms with Crippen LogP contribution in [0, 0.1) is 18.4 Å². The van der Waals surface area contributed by atoms with Gasteiger partial charge < -0.3 is 14.5 Å². The van der Waals surface area contributed by atoms with Crippen LogP contribution in [0.4, 0.5) is 16.2 Å². The van der Waals surface area contributed by atoms with Crippen LogP contribution in [-0.4, -0.2) is 42.8 Å². The number of halogens is 1. The van der Waals surface area contributed by atoms with Gasteiger partial charge in [-0.2, -0.15) is 0 Å². The second-order valence-corrected chi connectivity index (χ2v) is 9.28. The topological polar surface area (TPSA) is 37.1 Å². The third-order valence-electron chi connectivity index (χ3n) is 5.80. The summed E-state index contributed by atoms with van der Waals surface area (Å²) in [4.78, 5) is 19.9. The summed E-state index contributed by atoms with van der Waals surface area (Å²) in [5.74, 6) is 1.39. The predicted octanol–water partition coefficient (Wildman–Crippen LogP) is 5.75. The largest absolute Gasteiger partial charge is 0.444 e. The van der Waals surface area contributed by atoms with Crippen LogP contribution in [0.5, 0.6) is 0 Å². The minimum absolute atomic E-state index is 0.182. The lowest BCUT2D eigenvalue weighted by Gasteiger charge is -2.41. The van der Waals surface area contributed by atoms with Crippen LogP contribution in [0.25, 0.3) is 4.85 Å². The fourth-order valence-corrected chi connectivity index (χ4v) is 4.61. The van der Waals surface area contributed by atoms with Crippen molar-refractivity contribution >= 4 is 29.1 Å². The average Bonchev–Trinajstić information content (AvgIpc) is 2.67. The minimum Gasteiger partial charge on any atom is -0.444 e. The van der Waals surface area contributed by atoms with Crippen molar-refractivity contribution in [2.75, 3.05) is 31.1 Å². The molecule has 2 aliphatic rings. The second kappa shape index (κ2) is 8.61. The molecule has 152 valence electrons. The van der Waals surface area contributed by atoms with E-state index in [9.17, 15) is 4.79 Å². The lowest BCUT2D eigenvalue weighted by molar-refractivity contribution is 0.0152. The molecule has 3 rings (SSSR count). The molecule has 2 heterocycles. The first-order chi connectivity index (χ1) is 13.3. The highest BCUT2D eigenvalue weighted by atomic mass is 35.5. The summed E-state index contributed by atoms with van der Waals surface area (Å²) in [5, 5.41) is 0.664. The summed E-state index contributed by atoms with van der Waals surface area (Å²) in [6.07, 6.45) is 4.24. The van der Waals surface area contributed by atoms with E-state index in [2.05, 4.69) is 9.74 Å². The molecule has 0 N–H and O–H groups in total. The van der Waals surface area contributed by atoms with Gasteiger partial charge in [0.25, 0.3) is 0 Å². The molecular weight excluding hydrogens is 374 g/mol. The average molecular weight is 404 g/mol. The van der Waals surface area contributed by atoms with E-state index < -0.39 is 5.60 Å². The fourth-order valence-electron chi connectivity index (χ4n) is 4.31. The van der Waals surface area contributed by atoms with Gasteiger partial charge in [0.05, 0.1) is 17.3 Å². The molecular formula is C22H30ClN3O2. The Labute approximate surface area is 173 Å². The third kappa shape index (κ3) is 5.11. The molecule has 0 spiro atoms. The maximum Gasteiger partial charge on any atom is 0.410 e. The van der Waals surface area contributed by atoms with Crippen LogP contribution in [0.15, 0.2) is 18.2 Å². The molecule has 0 atom stereocenters. The van der Waals surface area contributed by atoms with E-state index in [0.29, 0.717) is 22.5 Å². The maximum atomic E-state index is 12.2. The lowest BCUT2D eigenvalue weighted by Crippen LogP contribution is -2.44. The first kappa shape index (κ1) is 20.8. The Morgan fingerprint density at radius 1 is 1.11 bits per heavy atom. The van der Waals surface area contributed by atoms with Crippen molar-refractivity contribution < 1.29 is 9.53 Å². The molecule has 6 heteroatoms. The standard InChI is InChI=1S/C22H30ClN3O2/c1-22(2,3)28-21(27)26-13-9-17(10-14-26)16-7-11-25(12-8-16)20-6-5-18(24-4)15-19(20)23/h5-6,15-17H,7-14H2,1-3H3. The number of nitrogens with zero attached hydrogens (tertiary/aromatic N) is 3. The Balaban J connectivity index is 1.49. The number of piperidine rings is 2. The molecule has 28 heavy (non-hydrogen) atoms. The van der Waals surface area contributed by atoms with Gasteiger partial charge in [-0.3, -0.25) is 0 Å². The lowest BCUT2D eigenvalue weighted by atomic mass is 9.79. The van der Waals surface area contributed by atoms with E-state index in [1.807, 2.05) is 37.8 Å². The highest BCUT2D eigenvalue weighted by Gasteiger charge is 2.32. The Kier molecular flexibility index (Phi) is 6.40. The summed E-state index contributed by atoms with van der Waals surface area (Å²) in [6, 6.07) is 5.56. The van der Waals surface area contributed by atoms with Gasteiger partial charge in [-0.15, -0.1) is 0 Å². The summed E-state index contributed by atoms with van der Waals surface area (Å²) < 4.78 is 5.50. The number of anilines is 1. The molecule has 0 saturated carbocycles. The molecule has 2 aliphatic heterocycles. The van der Waals surface area contributed by atoms with E-state index in [-0.39, 0.29) is 6.09 Å². The van der Waals surface area contributed by atoms with Crippen molar-refractivity contribution in [1.82, 2.24) is 4.90 Å². The van der Waals surface area contributed by atoms with E-state index in [1.54, 1.807) is 6.07 Å². The molecule has 0 bridgehead atoms. The number of amides is 1. The van der Waals surface area contributed by atoms with Gasteiger partial charge in [0.1, 0.15) is 5.60 Å². The second-order valence-electron chi connectivity index (χ2n) is 8.88. The summed E-state index contributed by atoms with van der Waals surface area (Å²) in [6.45, 7) is 16.4. The number of hydrogen-bond donors (Lipinski definition) is 0. The van der Waals surface area contributed by atoms with Crippen LogP contribution in [0.3, 0.4) is 0 Å². The molecule has 2 saturated heterocycles. The molecule has 0 radical (unpaired) electrons. The van der Waals surface area contributed by atoms with Crippen LogP contribution in [0.1, 0.15) is 46.5 Å². The number of benzene rings is 1. The Morgan fingerprint density at radius 3 is 2.18 bits per heavy atom. The Bertz CT molecular complexity index is 737. The summed E-state index contributed by atoms with van der Waals surface area (Å²) in [7, 11) is 0. The Morgan fingerprint density at radius 2 is 1.68 bits per heavy atom. The van der Waals surface area contributed by atoms with Crippen molar-refractivity contribution in [3.63, 3.8) is 0 Å². The molecule has 0 unspecified atom stereocenters. The normalized spacial score (nSPS) is 19.4. The van der Waals surface area contributed by atoms with Crippen molar-refractivity contribution in [3.8, 4) is 0 Å². The minimum atomic E-state index is -0.436. The van der Waals surface area contributed by atoms with Crippen molar-refractivity contribution in [1.29, 1.82) is 0 Å². The zero-order chi connectivity index (χ0) is 20.3. The van der Waals surface area contributed by atoms with Gasteiger partial charge in [0, 0.05) is 26.2 Å². The van der Waals surface area contributed by atoms with Gasteiger partial charge >= 0.3 is 6.09 Å². The van der Waals surface area contributed by atoms with Crippen LogP contribution in [0.2, 0.25) is 5.02 Å². The molecule has 0 aliphatic carbocycles. The van der Waals surface area contributed by atoms with Crippen molar-refractivity contribution in [2.45, 2.75) is 52.1 Å². The summed E-state index contributed by atoms with van der Waals surface area (Å²) in [5.41, 5.74) is 1.18. The van der Waals surface area contributed by atoms with E-state index in [4.69, 9.17) is 22.9 Å². The zero-order valence-corrected chi connectivity index (χ0v) is 17.8. The fraction of sp³-hybridized carbons (Fsp3) is 0.636. The van der Waals surface area contributed by atoms with Crippen LogP contribution in [-0.2, 0) is 4.74 Å². The quantitative estimate of drug-likeness (QED) is 0.589. The maximum absolute atomic E-state index is 12.2. The summed E-state index contributed by atoms with van der Waals surface area (Å²) >= 11 is 6.38. The first-order valence-corrected chi connectivity index (χ1v) is 10.5. The van der Waals surface area contributed by atoms with Crippen molar-refractivity contribution in [3.05, 3.63) is 34.6 Å². The SMILES string of the molecule is [C-]#[N+]c1ccc(N2CCC(C3CCN(C(=O)OC(C)(C)C)CC3)CC2)c(Cl)c1. The molecule has 5 nitrogen and oxygen atoms in total.